The molecule has 0 unspecified atom stereocenters. The molecule has 0 bridgehead atoms. The van der Waals surface area contributed by atoms with Gasteiger partial charge in [0.05, 0.1) is 5.69 Å². The number of hydrogen-bond acceptors (Lipinski definition) is 5. The Morgan fingerprint density at radius 3 is 1.48 bits per heavy atom. The van der Waals surface area contributed by atoms with Crippen LogP contribution in [0.2, 0.25) is 0 Å². The molecule has 0 fully saturated rings. The van der Waals surface area contributed by atoms with Gasteiger partial charge in [-0.05, 0) is 124 Å². The van der Waals surface area contributed by atoms with Crippen LogP contribution in [0, 0.1) is 0 Å². The van der Waals surface area contributed by atoms with Crippen molar-refractivity contribution in [2.75, 3.05) is 4.90 Å². The van der Waals surface area contributed by atoms with Crippen LogP contribution in [0.5, 0.6) is 0 Å². The first-order valence-corrected chi connectivity index (χ1v) is 21.6. The van der Waals surface area contributed by atoms with Crippen molar-refractivity contribution >= 4 is 103 Å². The third-order valence-corrected chi connectivity index (χ3v) is 13.4. The smallest absolute Gasteiger partial charge is 0.136 e. The summed E-state index contributed by atoms with van der Waals surface area (Å²) in [6.45, 7) is 0. The van der Waals surface area contributed by atoms with Gasteiger partial charge in [-0.3, -0.25) is 4.98 Å². The number of thiophene rings is 1. The maximum Gasteiger partial charge on any atom is 0.136 e. The third kappa shape index (κ3) is 5.71. The molecule has 4 aromatic heterocycles. The van der Waals surface area contributed by atoms with Crippen LogP contribution >= 0.6 is 11.3 Å². The van der Waals surface area contributed by atoms with Crippen molar-refractivity contribution in [1.29, 1.82) is 0 Å². The molecule has 9 aromatic carbocycles. The van der Waals surface area contributed by atoms with E-state index in [4.69, 9.17) is 13.8 Å². The molecule has 5 heteroatoms. The lowest BCUT2D eigenvalue weighted by Crippen LogP contribution is -2.09. The minimum Gasteiger partial charge on any atom is -0.456 e. The number of fused-ring (bicyclic) bond motifs is 10. The van der Waals surface area contributed by atoms with Crippen molar-refractivity contribution in [3.8, 4) is 33.5 Å². The Morgan fingerprint density at radius 1 is 0.339 bits per heavy atom. The van der Waals surface area contributed by atoms with E-state index < -0.39 is 0 Å². The number of anilines is 3. The lowest BCUT2D eigenvalue weighted by Gasteiger charge is -2.26. The Morgan fingerprint density at radius 2 is 0.839 bits per heavy atom. The van der Waals surface area contributed by atoms with Crippen LogP contribution in [-0.4, -0.2) is 4.98 Å². The molecule has 290 valence electrons. The number of rotatable bonds is 6. The average molecular weight is 811 g/mol. The van der Waals surface area contributed by atoms with Gasteiger partial charge >= 0.3 is 0 Å². The van der Waals surface area contributed by atoms with Crippen molar-refractivity contribution in [2.45, 2.75) is 0 Å². The molecule has 4 nitrogen and oxygen atoms in total. The van der Waals surface area contributed by atoms with E-state index in [0.717, 1.165) is 105 Å². The number of para-hydroxylation sites is 2. The second kappa shape index (κ2) is 13.8. The molecule has 4 heterocycles. The van der Waals surface area contributed by atoms with Gasteiger partial charge in [0.15, 0.2) is 0 Å². The van der Waals surface area contributed by atoms with E-state index in [-0.39, 0.29) is 0 Å². The molecule has 13 aromatic rings. The van der Waals surface area contributed by atoms with Gasteiger partial charge in [-0.2, -0.15) is 0 Å². The lowest BCUT2D eigenvalue weighted by atomic mass is 10.0. The van der Waals surface area contributed by atoms with Crippen LogP contribution in [0.3, 0.4) is 0 Å². The summed E-state index contributed by atoms with van der Waals surface area (Å²) in [6.07, 6.45) is 2.03. The molecule has 0 radical (unpaired) electrons. The Kier molecular flexibility index (Phi) is 7.74. The SMILES string of the molecule is c1ccc2c(c1)oc1cc(-c3ccc(N(c4ccc(-c5ccc6c(c5)oc5ccccc56)cc4)c4ccc5cc(-c6cc7sc8ccccc8c7cn6)ccc5c4)cc3)ccc12. The molecule has 0 N–H and O–H groups in total. The van der Waals surface area contributed by atoms with E-state index in [0.29, 0.717) is 0 Å². The Balaban J connectivity index is 0.875. The van der Waals surface area contributed by atoms with E-state index in [1.54, 1.807) is 0 Å². The van der Waals surface area contributed by atoms with Crippen LogP contribution in [-0.2, 0) is 0 Å². The van der Waals surface area contributed by atoms with E-state index in [1.807, 2.05) is 41.8 Å². The molecule has 62 heavy (non-hydrogen) atoms. The van der Waals surface area contributed by atoms with Gasteiger partial charge < -0.3 is 13.7 Å². The Bertz CT molecular complexity index is 3720. The molecule has 13 rings (SSSR count). The second-order valence-corrected chi connectivity index (χ2v) is 17.0. The molecular formula is C57H34N2O2S. The van der Waals surface area contributed by atoms with Crippen molar-refractivity contribution in [3.63, 3.8) is 0 Å². The highest BCUT2D eigenvalue weighted by atomic mass is 32.1. The van der Waals surface area contributed by atoms with Gasteiger partial charge in [0.2, 0.25) is 0 Å². The minimum atomic E-state index is 0.893. The topological polar surface area (TPSA) is 42.4 Å². The van der Waals surface area contributed by atoms with Crippen LogP contribution in [0.1, 0.15) is 0 Å². The molecule has 0 aliphatic heterocycles. The number of pyridine rings is 1. The number of furan rings is 2. The summed E-state index contributed by atoms with van der Waals surface area (Å²) in [7, 11) is 0. The van der Waals surface area contributed by atoms with E-state index in [9.17, 15) is 0 Å². The van der Waals surface area contributed by atoms with E-state index >= 15 is 0 Å². The quantitative estimate of drug-likeness (QED) is 0.168. The van der Waals surface area contributed by atoms with Gasteiger partial charge in [-0.25, -0.2) is 0 Å². The van der Waals surface area contributed by atoms with E-state index in [1.165, 1.54) is 20.2 Å². The number of hydrogen-bond donors (Lipinski definition) is 0. The van der Waals surface area contributed by atoms with Gasteiger partial charge in [0, 0.05) is 70.5 Å². The van der Waals surface area contributed by atoms with Crippen molar-refractivity contribution in [2.24, 2.45) is 0 Å². The maximum absolute atomic E-state index is 6.25. The van der Waals surface area contributed by atoms with Crippen molar-refractivity contribution in [3.05, 3.63) is 206 Å². The lowest BCUT2D eigenvalue weighted by molar-refractivity contribution is 0.668. The Hall–Kier alpha value is -7.99. The maximum atomic E-state index is 6.25. The zero-order valence-corrected chi connectivity index (χ0v) is 34.1. The fourth-order valence-corrected chi connectivity index (χ4v) is 10.3. The van der Waals surface area contributed by atoms with Crippen LogP contribution in [0.25, 0.3) is 108 Å². The summed E-state index contributed by atoms with van der Waals surface area (Å²) in [4.78, 5) is 7.26. The van der Waals surface area contributed by atoms with Gasteiger partial charge in [0.25, 0.3) is 0 Å². The highest BCUT2D eigenvalue weighted by Crippen LogP contribution is 2.41. The van der Waals surface area contributed by atoms with Crippen LogP contribution in [0.15, 0.2) is 215 Å². The highest BCUT2D eigenvalue weighted by molar-refractivity contribution is 7.25. The first kappa shape index (κ1) is 34.8. The fourth-order valence-electron chi connectivity index (χ4n) is 9.17. The third-order valence-electron chi connectivity index (χ3n) is 12.3. The largest absolute Gasteiger partial charge is 0.456 e. The molecule has 0 atom stereocenters. The average Bonchev–Trinajstić information content (AvgIpc) is 4.02. The predicted molar refractivity (Wildman–Crippen MR) is 260 cm³/mol. The van der Waals surface area contributed by atoms with Crippen molar-refractivity contribution < 1.29 is 8.83 Å². The normalized spacial score (nSPS) is 11.9. The number of nitrogens with zero attached hydrogens (tertiary/aromatic N) is 2. The molecule has 0 spiro atoms. The summed E-state index contributed by atoms with van der Waals surface area (Å²) in [5.74, 6) is 0. The fraction of sp³-hybridized carbons (Fsp3) is 0. The van der Waals surface area contributed by atoms with Crippen LogP contribution in [0.4, 0.5) is 17.1 Å². The summed E-state index contributed by atoms with van der Waals surface area (Å²) in [5.41, 5.74) is 13.4. The summed E-state index contributed by atoms with van der Waals surface area (Å²) < 4.78 is 15.0. The first-order chi connectivity index (χ1) is 30.7. The van der Waals surface area contributed by atoms with Gasteiger partial charge in [-0.1, -0.05) is 109 Å². The second-order valence-electron chi connectivity index (χ2n) is 16.0. The summed E-state index contributed by atoms with van der Waals surface area (Å²) >= 11 is 1.82. The first-order valence-electron chi connectivity index (χ1n) is 20.8. The van der Waals surface area contributed by atoms with Crippen molar-refractivity contribution in [1.82, 2.24) is 4.98 Å². The summed E-state index contributed by atoms with van der Waals surface area (Å²) in [6, 6.07) is 71.3. The highest BCUT2D eigenvalue weighted by Gasteiger charge is 2.17. The molecule has 0 aliphatic carbocycles. The standard InChI is InChI=1S/C57H34N2O2S/c1-4-10-52-45(7-1)47-27-20-39(31-54(47)60-52)35-15-22-42(23-16-35)59(43-24-17-36(18-25-43)40-21-28-48-46-8-2-5-11-53(46)61-55(48)32-40)44-26-19-37-29-41(14-13-38(37)30-44)51-33-57-50(34-58-51)49-9-3-6-12-56(49)62-57/h1-34H. The number of benzene rings is 9. The molecule has 0 saturated heterocycles. The number of aromatic nitrogens is 1. The Labute approximate surface area is 360 Å². The van der Waals surface area contributed by atoms with Crippen LogP contribution < -0.4 is 4.90 Å². The molecule has 0 saturated carbocycles. The summed E-state index contributed by atoms with van der Waals surface area (Å²) in [5, 5.41) is 9.33. The monoisotopic (exact) mass is 810 g/mol. The molecule has 0 aliphatic rings. The van der Waals surface area contributed by atoms with Gasteiger partial charge in [0.1, 0.15) is 22.3 Å². The zero-order chi connectivity index (χ0) is 40.7. The molecule has 0 amide bonds. The zero-order valence-electron chi connectivity index (χ0n) is 33.2. The van der Waals surface area contributed by atoms with E-state index in [2.05, 4.69) is 181 Å². The minimum absolute atomic E-state index is 0.893. The van der Waals surface area contributed by atoms with Gasteiger partial charge in [-0.15, -0.1) is 11.3 Å². The molecular weight excluding hydrogens is 777 g/mol. The predicted octanol–water partition coefficient (Wildman–Crippen LogP) is 16.9.